The third-order valence-corrected chi connectivity index (χ3v) is 7.70. The van der Waals surface area contributed by atoms with Gasteiger partial charge in [-0.1, -0.05) is 33.1 Å². The molecule has 6 atom stereocenters. The largest absolute Gasteiger partial charge is 0.481 e. The Balaban J connectivity index is 2.00. The lowest BCUT2D eigenvalue weighted by Crippen LogP contribution is -2.58. The fourth-order valence-electron chi connectivity index (χ4n) is 6.29. The van der Waals surface area contributed by atoms with Gasteiger partial charge in [0, 0.05) is 0 Å². The van der Waals surface area contributed by atoms with Crippen molar-refractivity contribution in [2.24, 2.45) is 34.5 Å². The SMILES string of the molecule is CC1CC[C@](C)(C(=O)O)C2CC[C@H]3CCCC[C@@H]3[C@@]12C. The zero-order valence-electron chi connectivity index (χ0n) is 13.3. The number of hydrogen-bond acceptors (Lipinski definition) is 1. The maximum Gasteiger partial charge on any atom is 0.309 e. The average molecular weight is 278 g/mol. The van der Waals surface area contributed by atoms with Gasteiger partial charge in [0.15, 0.2) is 0 Å². The standard InChI is InChI=1S/C18H30O2/c1-12-10-11-17(2,16(19)20)15-9-8-13-6-4-5-7-14(13)18(12,15)3/h12-15H,4-11H2,1-3H3,(H,19,20)/t12?,13-,14+,15?,17+,18-/m1/s1. The molecule has 0 aromatic carbocycles. The average Bonchev–Trinajstić information content (AvgIpc) is 2.43. The molecule has 3 aliphatic carbocycles. The van der Waals surface area contributed by atoms with E-state index in [1.165, 1.54) is 32.1 Å². The van der Waals surface area contributed by atoms with Gasteiger partial charge < -0.3 is 5.11 Å². The van der Waals surface area contributed by atoms with E-state index in [0.717, 1.165) is 31.1 Å². The Morgan fingerprint density at radius 2 is 1.75 bits per heavy atom. The third kappa shape index (κ3) is 1.79. The Labute approximate surface area is 123 Å². The first-order valence-corrected chi connectivity index (χ1v) is 8.64. The molecule has 0 aromatic rings. The van der Waals surface area contributed by atoms with Crippen LogP contribution in [-0.4, -0.2) is 11.1 Å². The Morgan fingerprint density at radius 1 is 1.05 bits per heavy atom. The quantitative estimate of drug-likeness (QED) is 0.753. The van der Waals surface area contributed by atoms with Gasteiger partial charge in [-0.25, -0.2) is 0 Å². The van der Waals surface area contributed by atoms with Crippen LogP contribution in [0.2, 0.25) is 0 Å². The minimum Gasteiger partial charge on any atom is -0.481 e. The maximum atomic E-state index is 11.9. The second-order valence-electron chi connectivity index (χ2n) is 8.31. The van der Waals surface area contributed by atoms with Crippen molar-refractivity contribution in [1.82, 2.24) is 0 Å². The molecule has 0 radical (unpaired) electrons. The highest BCUT2D eigenvalue weighted by atomic mass is 16.4. The van der Waals surface area contributed by atoms with Crippen LogP contribution in [0.5, 0.6) is 0 Å². The summed E-state index contributed by atoms with van der Waals surface area (Å²) in [6.07, 6.45) is 9.89. The van der Waals surface area contributed by atoms with E-state index in [0.29, 0.717) is 11.8 Å². The van der Waals surface area contributed by atoms with E-state index < -0.39 is 11.4 Å². The van der Waals surface area contributed by atoms with Crippen molar-refractivity contribution >= 4 is 5.97 Å². The molecule has 20 heavy (non-hydrogen) atoms. The molecule has 0 spiro atoms. The second kappa shape index (κ2) is 4.74. The molecule has 1 N–H and O–H groups in total. The van der Waals surface area contributed by atoms with Crippen molar-refractivity contribution in [3.63, 3.8) is 0 Å². The summed E-state index contributed by atoms with van der Waals surface area (Å²) in [6.45, 7) is 6.88. The van der Waals surface area contributed by atoms with Crippen LogP contribution in [0.1, 0.15) is 72.1 Å². The Hall–Kier alpha value is -0.530. The lowest BCUT2D eigenvalue weighted by Gasteiger charge is -2.62. The molecule has 0 saturated heterocycles. The molecule has 0 heterocycles. The lowest BCUT2D eigenvalue weighted by molar-refractivity contribution is -0.181. The molecule has 0 amide bonds. The van der Waals surface area contributed by atoms with E-state index in [1.54, 1.807) is 0 Å². The number of carboxylic acids is 1. The number of hydrogen-bond donors (Lipinski definition) is 1. The van der Waals surface area contributed by atoms with E-state index in [4.69, 9.17) is 0 Å². The predicted octanol–water partition coefficient (Wildman–Crippen LogP) is 4.73. The summed E-state index contributed by atoms with van der Waals surface area (Å²) in [6, 6.07) is 0. The fourth-order valence-corrected chi connectivity index (χ4v) is 6.29. The van der Waals surface area contributed by atoms with Crippen molar-refractivity contribution in [3.8, 4) is 0 Å². The molecule has 3 fully saturated rings. The molecule has 2 nitrogen and oxygen atoms in total. The summed E-state index contributed by atoms with van der Waals surface area (Å²) >= 11 is 0. The number of rotatable bonds is 1. The summed E-state index contributed by atoms with van der Waals surface area (Å²) < 4.78 is 0. The first kappa shape index (κ1) is 14.4. The van der Waals surface area contributed by atoms with E-state index in [9.17, 15) is 9.90 Å². The molecular formula is C18H30O2. The Morgan fingerprint density at radius 3 is 2.45 bits per heavy atom. The smallest absolute Gasteiger partial charge is 0.309 e. The van der Waals surface area contributed by atoms with Gasteiger partial charge in [-0.05, 0) is 68.1 Å². The fraction of sp³-hybridized carbons (Fsp3) is 0.944. The normalized spacial score (nSPS) is 52.0. The van der Waals surface area contributed by atoms with Crippen molar-refractivity contribution in [2.45, 2.75) is 72.1 Å². The third-order valence-electron chi connectivity index (χ3n) is 7.70. The molecule has 3 saturated carbocycles. The van der Waals surface area contributed by atoms with Crippen molar-refractivity contribution in [2.75, 3.05) is 0 Å². The molecule has 114 valence electrons. The van der Waals surface area contributed by atoms with Crippen LogP contribution >= 0.6 is 0 Å². The van der Waals surface area contributed by atoms with Gasteiger partial charge in [0.1, 0.15) is 0 Å². The van der Waals surface area contributed by atoms with Crippen molar-refractivity contribution in [1.29, 1.82) is 0 Å². The van der Waals surface area contributed by atoms with Gasteiger partial charge in [0.05, 0.1) is 5.41 Å². The molecule has 2 heteroatoms. The van der Waals surface area contributed by atoms with E-state index in [1.807, 2.05) is 6.92 Å². The Kier molecular flexibility index (Phi) is 3.42. The molecule has 2 unspecified atom stereocenters. The van der Waals surface area contributed by atoms with Crippen molar-refractivity contribution < 1.29 is 9.90 Å². The van der Waals surface area contributed by atoms with Gasteiger partial charge in [0.25, 0.3) is 0 Å². The summed E-state index contributed by atoms with van der Waals surface area (Å²) in [5.74, 6) is 2.18. The highest BCUT2D eigenvalue weighted by Gasteiger charge is 2.61. The van der Waals surface area contributed by atoms with Crippen LogP contribution in [0.3, 0.4) is 0 Å². The zero-order chi connectivity index (χ0) is 14.5. The Bertz CT molecular complexity index is 404. The molecule has 0 aliphatic heterocycles. The van der Waals surface area contributed by atoms with Gasteiger partial charge >= 0.3 is 5.97 Å². The summed E-state index contributed by atoms with van der Waals surface area (Å²) in [5, 5.41) is 9.83. The van der Waals surface area contributed by atoms with Gasteiger partial charge in [0.2, 0.25) is 0 Å². The summed E-state index contributed by atoms with van der Waals surface area (Å²) in [4.78, 5) is 11.9. The van der Waals surface area contributed by atoms with Gasteiger partial charge in [-0.3, -0.25) is 4.79 Å². The van der Waals surface area contributed by atoms with Crippen LogP contribution in [0.4, 0.5) is 0 Å². The topological polar surface area (TPSA) is 37.3 Å². The highest BCUT2D eigenvalue weighted by molar-refractivity contribution is 5.75. The highest BCUT2D eigenvalue weighted by Crippen LogP contribution is 2.65. The first-order chi connectivity index (χ1) is 9.40. The summed E-state index contributed by atoms with van der Waals surface area (Å²) in [5.41, 5.74) is -0.224. The van der Waals surface area contributed by atoms with Gasteiger partial charge in [-0.15, -0.1) is 0 Å². The van der Waals surface area contributed by atoms with Crippen LogP contribution < -0.4 is 0 Å². The molecule has 3 rings (SSSR count). The maximum absolute atomic E-state index is 11.9. The van der Waals surface area contributed by atoms with E-state index in [2.05, 4.69) is 13.8 Å². The first-order valence-electron chi connectivity index (χ1n) is 8.64. The monoisotopic (exact) mass is 278 g/mol. The second-order valence-corrected chi connectivity index (χ2v) is 8.31. The number of aliphatic carboxylic acids is 1. The molecule has 3 aliphatic rings. The van der Waals surface area contributed by atoms with Crippen LogP contribution in [-0.2, 0) is 4.79 Å². The van der Waals surface area contributed by atoms with Crippen molar-refractivity contribution in [3.05, 3.63) is 0 Å². The lowest BCUT2D eigenvalue weighted by atomic mass is 9.41. The summed E-state index contributed by atoms with van der Waals surface area (Å²) in [7, 11) is 0. The molecule has 0 aromatic heterocycles. The van der Waals surface area contributed by atoms with E-state index in [-0.39, 0.29) is 5.41 Å². The molecule has 0 bridgehead atoms. The predicted molar refractivity (Wildman–Crippen MR) is 80.4 cm³/mol. The van der Waals surface area contributed by atoms with Crippen LogP contribution in [0.25, 0.3) is 0 Å². The van der Waals surface area contributed by atoms with E-state index >= 15 is 0 Å². The number of fused-ring (bicyclic) bond motifs is 3. The zero-order valence-corrected chi connectivity index (χ0v) is 13.3. The number of carboxylic acid groups (broad SMARTS) is 1. The van der Waals surface area contributed by atoms with Crippen LogP contribution in [0.15, 0.2) is 0 Å². The van der Waals surface area contributed by atoms with Crippen LogP contribution in [0, 0.1) is 34.5 Å². The number of carbonyl (C=O) groups is 1. The minimum atomic E-state index is -0.546. The van der Waals surface area contributed by atoms with Gasteiger partial charge in [-0.2, -0.15) is 0 Å². The molecular weight excluding hydrogens is 248 g/mol. The minimum absolute atomic E-state index is 0.259.